The first-order valence-electron chi connectivity index (χ1n) is 3.56. The van der Waals surface area contributed by atoms with Crippen molar-refractivity contribution in [2.24, 2.45) is 7.05 Å². The normalized spacial score (nSPS) is 8.85. The standard InChI is InChI=1S/C8H8BrN3O/c1-6-5-7(12(2)11-6)10-8(13)3-4-9/h5H,1-2H3,(H,10,13). The average molecular weight is 242 g/mol. The maximum atomic E-state index is 11.0. The quantitative estimate of drug-likeness (QED) is 0.747. The highest BCUT2D eigenvalue weighted by Gasteiger charge is 2.03. The van der Waals surface area contributed by atoms with Gasteiger partial charge in [-0.25, -0.2) is 0 Å². The molecule has 0 saturated heterocycles. The molecule has 0 aliphatic carbocycles. The van der Waals surface area contributed by atoms with Crippen molar-refractivity contribution in [2.75, 3.05) is 5.32 Å². The number of aryl methyl sites for hydroxylation is 2. The van der Waals surface area contributed by atoms with Crippen LogP contribution in [0.1, 0.15) is 5.69 Å². The molecule has 0 atom stereocenters. The van der Waals surface area contributed by atoms with Crippen LogP contribution in [0.15, 0.2) is 6.07 Å². The van der Waals surface area contributed by atoms with Gasteiger partial charge in [0.05, 0.1) is 5.69 Å². The Morgan fingerprint density at radius 2 is 2.46 bits per heavy atom. The van der Waals surface area contributed by atoms with Crippen LogP contribution in [-0.4, -0.2) is 15.7 Å². The Labute approximate surface area is 84.4 Å². The van der Waals surface area contributed by atoms with Gasteiger partial charge in [0.25, 0.3) is 0 Å². The molecule has 5 heteroatoms. The van der Waals surface area contributed by atoms with Crippen LogP contribution in [0.25, 0.3) is 0 Å². The molecule has 1 amide bonds. The highest BCUT2D eigenvalue weighted by Crippen LogP contribution is 2.06. The van der Waals surface area contributed by atoms with E-state index in [1.807, 2.05) is 6.92 Å². The second kappa shape index (κ2) is 4.10. The number of hydrogen-bond donors (Lipinski definition) is 1. The maximum Gasteiger partial charge on any atom is 0.302 e. The summed E-state index contributed by atoms with van der Waals surface area (Å²) < 4.78 is 1.59. The smallest absolute Gasteiger partial charge is 0.300 e. The summed E-state index contributed by atoms with van der Waals surface area (Å²) in [5.41, 5.74) is 0.851. The number of nitrogens with one attached hydrogen (secondary N) is 1. The monoisotopic (exact) mass is 241 g/mol. The van der Waals surface area contributed by atoms with Crippen LogP contribution >= 0.6 is 15.9 Å². The van der Waals surface area contributed by atoms with Crippen LogP contribution in [0, 0.1) is 17.7 Å². The van der Waals surface area contributed by atoms with E-state index in [2.05, 4.69) is 37.1 Å². The third-order valence-electron chi connectivity index (χ3n) is 1.40. The summed E-state index contributed by atoms with van der Waals surface area (Å²) in [6.07, 6.45) is 0. The summed E-state index contributed by atoms with van der Waals surface area (Å²) >= 11 is 2.84. The van der Waals surface area contributed by atoms with Gasteiger partial charge in [0.2, 0.25) is 0 Å². The Hall–Kier alpha value is -1.28. The van der Waals surface area contributed by atoms with E-state index in [1.165, 1.54) is 0 Å². The van der Waals surface area contributed by atoms with Crippen LogP contribution in [0.5, 0.6) is 0 Å². The van der Waals surface area contributed by atoms with Crippen LogP contribution in [0.4, 0.5) is 5.82 Å². The molecule has 13 heavy (non-hydrogen) atoms. The Bertz CT molecular complexity index is 386. The van der Waals surface area contributed by atoms with E-state index in [0.29, 0.717) is 5.82 Å². The average Bonchev–Trinajstić information content (AvgIpc) is 2.30. The first-order chi connectivity index (χ1) is 6.13. The highest BCUT2D eigenvalue weighted by molar-refractivity contribution is 9.12. The molecule has 0 spiro atoms. The Morgan fingerprint density at radius 1 is 1.77 bits per heavy atom. The fourth-order valence-corrected chi connectivity index (χ4v) is 1.10. The molecule has 1 rings (SSSR count). The van der Waals surface area contributed by atoms with Gasteiger partial charge in [-0.05, 0) is 11.8 Å². The lowest BCUT2D eigenvalue weighted by Gasteiger charge is -1.98. The predicted molar refractivity (Wildman–Crippen MR) is 53.3 cm³/mol. The van der Waals surface area contributed by atoms with Gasteiger partial charge in [0, 0.05) is 35.0 Å². The number of halogens is 1. The van der Waals surface area contributed by atoms with Crippen LogP contribution < -0.4 is 5.32 Å². The second-order valence-corrected chi connectivity index (χ2v) is 2.86. The first-order valence-corrected chi connectivity index (χ1v) is 4.36. The van der Waals surface area contributed by atoms with Crippen molar-refractivity contribution in [2.45, 2.75) is 6.92 Å². The minimum atomic E-state index is -0.361. The fourth-order valence-electron chi connectivity index (χ4n) is 0.918. The Kier molecular flexibility index (Phi) is 3.09. The van der Waals surface area contributed by atoms with E-state index in [0.717, 1.165) is 5.69 Å². The highest BCUT2D eigenvalue weighted by atomic mass is 79.9. The topological polar surface area (TPSA) is 46.9 Å². The lowest BCUT2D eigenvalue weighted by Crippen LogP contribution is -2.11. The van der Waals surface area contributed by atoms with E-state index >= 15 is 0 Å². The molecular weight excluding hydrogens is 234 g/mol. The summed E-state index contributed by atoms with van der Waals surface area (Å²) in [6, 6.07) is 1.77. The molecular formula is C8H8BrN3O. The summed E-state index contributed by atoms with van der Waals surface area (Å²) in [6.45, 7) is 1.85. The van der Waals surface area contributed by atoms with Gasteiger partial charge < -0.3 is 0 Å². The van der Waals surface area contributed by atoms with Crippen molar-refractivity contribution in [1.29, 1.82) is 0 Å². The summed E-state index contributed by atoms with van der Waals surface area (Å²) in [4.78, 5) is 13.4. The van der Waals surface area contributed by atoms with Gasteiger partial charge >= 0.3 is 5.91 Å². The number of rotatable bonds is 1. The number of amides is 1. The molecule has 1 aromatic heterocycles. The lowest BCUT2D eigenvalue weighted by atomic mass is 10.4. The zero-order valence-corrected chi connectivity index (χ0v) is 8.84. The number of carbonyl (C=O) groups excluding carboxylic acids is 1. The van der Waals surface area contributed by atoms with Crippen molar-refractivity contribution in [3.8, 4) is 10.8 Å². The van der Waals surface area contributed by atoms with E-state index in [1.54, 1.807) is 17.8 Å². The lowest BCUT2D eigenvalue weighted by molar-refractivity contribution is -0.111. The number of aromatic nitrogens is 2. The van der Waals surface area contributed by atoms with Crippen LogP contribution in [0.3, 0.4) is 0 Å². The van der Waals surface area contributed by atoms with E-state index in [-0.39, 0.29) is 5.91 Å². The molecule has 0 bridgehead atoms. The molecule has 0 saturated carbocycles. The van der Waals surface area contributed by atoms with E-state index < -0.39 is 0 Å². The minimum Gasteiger partial charge on any atom is -0.300 e. The molecule has 4 nitrogen and oxygen atoms in total. The molecule has 0 fully saturated rings. The fraction of sp³-hybridized carbons (Fsp3) is 0.250. The van der Waals surface area contributed by atoms with Gasteiger partial charge in [0.15, 0.2) is 0 Å². The minimum absolute atomic E-state index is 0.361. The van der Waals surface area contributed by atoms with Gasteiger partial charge in [-0.2, -0.15) is 5.10 Å². The van der Waals surface area contributed by atoms with Crippen LogP contribution in [-0.2, 0) is 11.8 Å². The van der Waals surface area contributed by atoms with Crippen LogP contribution in [0.2, 0.25) is 0 Å². The van der Waals surface area contributed by atoms with Crippen molar-refractivity contribution >= 4 is 27.7 Å². The van der Waals surface area contributed by atoms with E-state index in [4.69, 9.17) is 0 Å². The van der Waals surface area contributed by atoms with Crippen molar-refractivity contribution in [3.05, 3.63) is 11.8 Å². The van der Waals surface area contributed by atoms with Crippen molar-refractivity contribution < 1.29 is 4.79 Å². The Morgan fingerprint density at radius 3 is 2.92 bits per heavy atom. The Balaban J connectivity index is 2.78. The number of carbonyl (C=O) groups is 1. The first kappa shape index (κ1) is 9.81. The third-order valence-corrected chi connectivity index (χ3v) is 1.60. The van der Waals surface area contributed by atoms with Gasteiger partial charge in [0.1, 0.15) is 5.82 Å². The molecule has 1 heterocycles. The summed E-state index contributed by atoms with van der Waals surface area (Å²) in [5, 5.41) is 6.66. The molecule has 0 radical (unpaired) electrons. The number of hydrogen-bond acceptors (Lipinski definition) is 2. The largest absolute Gasteiger partial charge is 0.302 e. The summed E-state index contributed by atoms with van der Waals surface area (Å²) in [7, 11) is 1.75. The molecule has 0 aliphatic rings. The third kappa shape index (κ3) is 2.60. The van der Waals surface area contributed by atoms with Crippen molar-refractivity contribution in [1.82, 2.24) is 9.78 Å². The molecule has 1 aromatic rings. The predicted octanol–water partition coefficient (Wildman–Crippen LogP) is 1.02. The van der Waals surface area contributed by atoms with Gasteiger partial charge in [-0.15, -0.1) is 0 Å². The molecule has 1 N–H and O–H groups in total. The molecule has 0 aliphatic heterocycles. The van der Waals surface area contributed by atoms with Crippen molar-refractivity contribution in [3.63, 3.8) is 0 Å². The SMILES string of the molecule is Cc1cc(NC(=O)C#CBr)n(C)n1. The zero-order chi connectivity index (χ0) is 9.84. The number of anilines is 1. The molecule has 68 valence electrons. The zero-order valence-electron chi connectivity index (χ0n) is 7.26. The molecule has 0 aromatic carbocycles. The van der Waals surface area contributed by atoms with E-state index in [9.17, 15) is 4.79 Å². The van der Waals surface area contributed by atoms with Gasteiger partial charge in [-0.1, -0.05) is 0 Å². The molecule has 0 unspecified atom stereocenters. The summed E-state index contributed by atoms with van der Waals surface area (Å²) in [5.74, 6) is 2.58. The van der Waals surface area contributed by atoms with Gasteiger partial charge in [-0.3, -0.25) is 14.8 Å². The second-order valence-electron chi connectivity index (χ2n) is 2.47. The maximum absolute atomic E-state index is 11.0. The number of nitrogens with zero attached hydrogens (tertiary/aromatic N) is 2.